The van der Waals surface area contributed by atoms with Gasteiger partial charge in [0.1, 0.15) is 17.7 Å². The molecule has 3 aromatic rings. The summed E-state index contributed by atoms with van der Waals surface area (Å²) in [5, 5.41) is 11.2. The smallest absolute Gasteiger partial charge is 0.475 e. The van der Waals surface area contributed by atoms with E-state index in [0.717, 1.165) is 56.7 Å². The van der Waals surface area contributed by atoms with Crippen LogP contribution in [0.2, 0.25) is 0 Å². The number of fused-ring (bicyclic) bond motifs is 1. The molecule has 1 saturated heterocycles. The lowest BCUT2D eigenvalue weighted by atomic mass is 9.93. The second-order valence-corrected chi connectivity index (χ2v) is 11.4. The maximum Gasteiger partial charge on any atom is 0.490 e. The van der Waals surface area contributed by atoms with Gasteiger partial charge in [0.25, 0.3) is 0 Å². The molecule has 0 aromatic carbocycles. The molecular weight excluding hydrogens is 583 g/mol. The third-order valence-corrected chi connectivity index (χ3v) is 6.99. The number of carboxylic acid groups (broad SMARTS) is 1. The molecule has 0 amide bonds. The number of alkyl halides is 3. The highest BCUT2D eigenvalue weighted by molar-refractivity contribution is 7.92. The molecule has 42 heavy (non-hydrogen) atoms. The zero-order valence-electron chi connectivity index (χ0n) is 22.5. The van der Waals surface area contributed by atoms with Crippen LogP contribution in [0.1, 0.15) is 25.7 Å². The Hall–Kier alpha value is -3.99. The number of nitrogens with one attached hydrogen (secondary N) is 2. The van der Waals surface area contributed by atoms with Crippen LogP contribution in [0.5, 0.6) is 5.88 Å². The van der Waals surface area contributed by atoms with Gasteiger partial charge in [0.15, 0.2) is 0 Å². The summed E-state index contributed by atoms with van der Waals surface area (Å²) >= 11 is 0. The monoisotopic (exact) mass is 613 g/mol. The molecule has 0 spiro atoms. The Morgan fingerprint density at radius 3 is 2.38 bits per heavy atom. The number of rotatable bonds is 7. The first-order chi connectivity index (χ1) is 19.9. The third-order valence-electron chi connectivity index (χ3n) is 6.38. The predicted octanol–water partition coefficient (Wildman–Crippen LogP) is 3.06. The summed E-state index contributed by atoms with van der Waals surface area (Å²) in [4.78, 5) is 28.8. The number of pyridine rings is 2. The highest BCUT2D eigenvalue weighted by atomic mass is 32.2. The number of ether oxygens (including phenoxy) is 2. The molecule has 2 aliphatic rings. The number of hydrogen-bond acceptors (Lipinski definition) is 11. The minimum Gasteiger partial charge on any atom is -0.475 e. The zero-order chi connectivity index (χ0) is 30.3. The molecule has 3 N–H and O–H groups in total. The molecule has 228 valence electrons. The van der Waals surface area contributed by atoms with Crippen molar-refractivity contribution in [3.63, 3.8) is 0 Å². The summed E-state index contributed by atoms with van der Waals surface area (Å²) in [5.74, 6) is -0.726. The van der Waals surface area contributed by atoms with Crippen molar-refractivity contribution < 1.29 is 41.0 Å². The predicted molar refractivity (Wildman–Crippen MR) is 147 cm³/mol. The average molecular weight is 614 g/mol. The van der Waals surface area contributed by atoms with Gasteiger partial charge in [0, 0.05) is 37.6 Å². The molecule has 17 heteroatoms. The van der Waals surface area contributed by atoms with Crippen LogP contribution in [-0.2, 0) is 19.6 Å². The van der Waals surface area contributed by atoms with E-state index in [1.165, 1.54) is 6.20 Å². The van der Waals surface area contributed by atoms with Crippen LogP contribution < -0.4 is 19.7 Å². The molecule has 0 bridgehead atoms. The van der Waals surface area contributed by atoms with Gasteiger partial charge in [-0.1, -0.05) is 0 Å². The van der Waals surface area contributed by atoms with Crippen LogP contribution in [0, 0.1) is 0 Å². The first kappa shape index (κ1) is 31.0. The third kappa shape index (κ3) is 9.01. The fraction of sp³-hybridized carbons (Fsp3) is 0.480. The van der Waals surface area contributed by atoms with Gasteiger partial charge in [-0.05, 0) is 31.7 Å². The number of aliphatic carboxylic acids is 1. The van der Waals surface area contributed by atoms with Gasteiger partial charge in [-0.15, -0.1) is 0 Å². The van der Waals surface area contributed by atoms with Crippen LogP contribution in [0.4, 0.5) is 30.5 Å². The number of carbonyl (C=O) groups is 1. The maximum absolute atomic E-state index is 11.7. The molecule has 1 aliphatic heterocycles. The zero-order valence-corrected chi connectivity index (χ0v) is 23.4. The molecule has 4 heterocycles. The summed E-state index contributed by atoms with van der Waals surface area (Å²) in [6.45, 7) is 2.77. The summed E-state index contributed by atoms with van der Waals surface area (Å²) in [5.41, 5.74) is 1.08. The van der Waals surface area contributed by atoms with Gasteiger partial charge < -0.3 is 24.8 Å². The lowest BCUT2D eigenvalue weighted by Crippen LogP contribution is -2.37. The number of sulfonamides is 1. The van der Waals surface area contributed by atoms with E-state index in [1.807, 2.05) is 6.07 Å². The highest BCUT2D eigenvalue weighted by Gasteiger charge is 2.38. The van der Waals surface area contributed by atoms with Crippen LogP contribution in [0.15, 0.2) is 36.9 Å². The fourth-order valence-corrected chi connectivity index (χ4v) is 5.00. The van der Waals surface area contributed by atoms with E-state index in [1.54, 1.807) is 24.7 Å². The first-order valence-corrected chi connectivity index (χ1v) is 14.9. The number of hydrogen-bond donors (Lipinski definition) is 3. The van der Waals surface area contributed by atoms with E-state index in [-0.39, 0.29) is 6.10 Å². The minimum absolute atomic E-state index is 0.00271. The van der Waals surface area contributed by atoms with Crippen molar-refractivity contribution in [2.45, 2.75) is 44.0 Å². The van der Waals surface area contributed by atoms with Gasteiger partial charge in [0.2, 0.25) is 15.9 Å². The number of aromatic nitrogens is 4. The molecule has 0 radical (unpaired) electrons. The van der Waals surface area contributed by atoms with Gasteiger partial charge in [-0.25, -0.2) is 18.2 Å². The van der Waals surface area contributed by atoms with E-state index >= 15 is 0 Å². The molecule has 2 fully saturated rings. The minimum atomic E-state index is -5.08. The Morgan fingerprint density at radius 1 is 1.10 bits per heavy atom. The van der Waals surface area contributed by atoms with Crippen LogP contribution in [-0.4, -0.2) is 90.3 Å². The number of halogens is 3. The average Bonchev–Trinajstić information content (AvgIpc) is 2.94. The van der Waals surface area contributed by atoms with Crippen molar-refractivity contribution in [1.29, 1.82) is 0 Å². The van der Waals surface area contributed by atoms with Crippen LogP contribution in [0.25, 0.3) is 10.9 Å². The summed E-state index contributed by atoms with van der Waals surface area (Å²) in [6, 6.07) is 3.96. The Morgan fingerprint density at radius 2 is 1.79 bits per heavy atom. The fourth-order valence-electron chi connectivity index (χ4n) is 4.46. The Labute approximate surface area is 239 Å². The quantitative estimate of drug-likeness (QED) is 0.357. The Bertz CT molecular complexity index is 1470. The van der Waals surface area contributed by atoms with Crippen molar-refractivity contribution >= 4 is 44.2 Å². The number of nitrogens with zero attached hydrogens (tertiary/aromatic N) is 5. The van der Waals surface area contributed by atoms with Crippen molar-refractivity contribution in [3.05, 3.63) is 36.9 Å². The van der Waals surface area contributed by atoms with Gasteiger partial charge in [0.05, 0.1) is 48.5 Å². The largest absolute Gasteiger partial charge is 0.490 e. The van der Waals surface area contributed by atoms with Crippen molar-refractivity contribution in [3.8, 4) is 5.88 Å². The number of anilines is 3. The van der Waals surface area contributed by atoms with Gasteiger partial charge >= 0.3 is 12.1 Å². The molecule has 13 nitrogen and oxygen atoms in total. The van der Waals surface area contributed by atoms with Crippen LogP contribution >= 0.6 is 0 Å². The van der Waals surface area contributed by atoms with Gasteiger partial charge in [-0.3, -0.25) is 14.7 Å². The summed E-state index contributed by atoms with van der Waals surface area (Å²) in [7, 11) is -3.43. The maximum atomic E-state index is 11.7. The van der Waals surface area contributed by atoms with Gasteiger partial charge in [-0.2, -0.15) is 18.2 Å². The lowest BCUT2D eigenvalue weighted by molar-refractivity contribution is -0.192. The molecule has 1 saturated carbocycles. The Balaban J connectivity index is 0.000000517. The topological polar surface area (TPSA) is 169 Å². The van der Waals surface area contributed by atoms with E-state index in [0.29, 0.717) is 41.7 Å². The molecular formula is C25H30F3N7O6S. The van der Waals surface area contributed by atoms with E-state index < -0.39 is 22.2 Å². The van der Waals surface area contributed by atoms with E-state index in [9.17, 15) is 21.6 Å². The van der Waals surface area contributed by atoms with Crippen molar-refractivity contribution in [1.82, 2.24) is 19.9 Å². The second-order valence-electron chi connectivity index (χ2n) is 9.68. The lowest BCUT2D eigenvalue weighted by Gasteiger charge is -2.31. The Kier molecular flexibility index (Phi) is 9.82. The molecule has 3 aromatic heterocycles. The van der Waals surface area contributed by atoms with E-state index in [4.69, 9.17) is 24.4 Å². The SMILES string of the molecule is CS(=O)(=O)Nc1cnc2cc(N3CCOCC3)nc(OC3CCC(Nc4cnccn4)CC3)c2c1.O=C(O)C(F)(F)F. The molecule has 1 aliphatic carbocycles. The first-order valence-electron chi connectivity index (χ1n) is 13.0. The summed E-state index contributed by atoms with van der Waals surface area (Å²) < 4.78 is 69.6. The van der Waals surface area contributed by atoms with Crippen molar-refractivity contribution in [2.24, 2.45) is 0 Å². The molecule has 0 atom stereocenters. The second kappa shape index (κ2) is 13.3. The van der Waals surface area contributed by atoms with E-state index in [2.05, 4.69) is 29.9 Å². The standard InChI is InChI=1S/C23H29N7O4S.C2HF3O2/c1-35(31,32)29-17-12-19-20(26-14-17)13-22(30-8-10-33-11-9-30)28-23(19)34-18-4-2-16(3-5-18)27-21-15-24-6-7-25-21;3-2(4,5)1(6)7/h6-7,12-16,18,29H,2-5,8-11H2,1H3,(H,25,27);(H,6,7). The number of carboxylic acids is 1. The summed E-state index contributed by atoms with van der Waals surface area (Å²) in [6.07, 6.45) is 6.18. The highest BCUT2D eigenvalue weighted by Crippen LogP contribution is 2.33. The molecule has 0 unspecified atom stereocenters. The van der Waals surface area contributed by atoms with Crippen molar-refractivity contribution in [2.75, 3.05) is 47.5 Å². The number of morpholine rings is 1. The molecule has 5 rings (SSSR count). The normalized spacial score (nSPS) is 19.4. The van der Waals surface area contributed by atoms with Crippen LogP contribution in [0.3, 0.4) is 0 Å².